The van der Waals surface area contributed by atoms with Crippen molar-refractivity contribution >= 4 is 0 Å². The summed E-state index contributed by atoms with van der Waals surface area (Å²) in [6, 6.07) is 50.7. The van der Waals surface area contributed by atoms with Gasteiger partial charge in [-0.2, -0.15) is 0 Å². The molecule has 8 rings (SSSR count). The molecule has 8 heteroatoms. The Bertz CT molecular complexity index is 2210. The van der Waals surface area contributed by atoms with Gasteiger partial charge < -0.3 is 0 Å². The predicted molar refractivity (Wildman–Crippen MR) is 190 cm³/mol. The summed E-state index contributed by atoms with van der Waals surface area (Å²) in [7, 11) is 0. The third-order valence-electron chi connectivity index (χ3n) is 7.76. The highest BCUT2D eigenvalue weighted by Gasteiger charge is 2.10. The molecule has 2 N–H and O–H groups in total. The number of nitrogens with one attached hydrogen (secondary N) is 2. The largest absolute Gasteiger partial charge is 0.289 e. The summed E-state index contributed by atoms with van der Waals surface area (Å²) in [4.78, 5) is 32.9. The number of H-pyrrole nitrogens is 2. The van der Waals surface area contributed by atoms with Crippen LogP contribution in [0.5, 0.6) is 0 Å². The van der Waals surface area contributed by atoms with Gasteiger partial charge in [0.2, 0.25) is 0 Å². The zero-order valence-corrected chi connectivity index (χ0v) is 25.8. The highest BCUT2D eigenvalue weighted by molar-refractivity contribution is 5.72. The maximum absolute atomic E-state index is 12.3. The van der Waals surface area contributed by atoms with Gasteiger partial charge in [0.15, 0.2) is 11.6 Å². The van der Waals surface area contributed by atoms with Crippen molar-refractivity contribution in [3.8, 4) is 56.4 Å². The Morgan fingerprint density at radius 2 is 0.750 bits per heavy atom. The van der Waals surface area contributed by atoms with Crippen LogP contribution in [0.15, 0.2) is 180 Å². The summed E-state index contributed by atoms with van der Waals surface area (Å²) in [5, 5.41) is 6.27. The first-order valence-electron chi connectivity index (χ1n) is 15.4. The van der Waals surface area contributed by atoms with Crippen LogP contribution < -0.4 is 11.1 Å². The highest BCUT2D eigenvalue weighted by Crippen LogP contribution is 2.26. The molecule has 0 bridgehead atoms. The minimum Gasteiger partial charge on any atom is -0.289 e. The Morgan fingerprint density at radius 1 is 0.375 bits per heavy atom. The molecule has 0 saturated heterocycles. The van der Waals surface area contributed by atoms with Crippen LogP contribution in [-0.4, -0.2) is 29.5 Å². The summed E-state index contributed by atoms with van der Waals surface area (Å²) >= 11 is 0. The fourth-order valence-corrected chi connectivity index (χ4v) is 5.39. The van der Waals surface area contributed by atoms with Crippen molar-refractivity contribution in [2.24, 2.45) is 0 Å². The van der Waals surface area contributed by atoms with Gasteiger partial charge in [-0.1, -0.05) is 109 Å². The minimum atomic E-state index is -0.131. The molecule has 0 radical (unpaired) electrons. The molecule has 0 saturated carbocycles. The molecule has 0 aliphatic carbocycles. The predicted octanol–water partition coefficient (Wildman–Crippen LogP) is 7.79. The molecule has 4 heterocycles. The molecule has 0 aliphatic rings. The topological polar surface area (TPSA) is 101 Å². The van der Waals surface area contributed by atoms with Gasteiger partial charge in [-0.3, -0.25) is 19.8 Å². The first kappa shape index (κ1) is 29.9. The molecule has 0 aliphatic heterocycles. The third-order valence-corrected chi connectivity index (χ3v) is 7.76. The van der Waals surface area contributed by atoms with Gasteiger partial charge in [-0.05, 0) is 58.7 Å². The first-order chi connectivity index (χ1) is 23.6. The van der Waals surface area contributed by atoms with Crippen LogP contribution in [-0.2, 0) is 0 Å². The fourth-order valence-electron chi connectivity index (χ4n) is 5.39. The molecular formula is C40H30N6O2. The van der Waals surface area contributed by atoms with Gasteiger partial charge in [0.1, 0.15) is 0 Å². The van der Waals surface area contributed by atoms with Gasteiger partial charge in [0, 0.05) is 35.7 Å². The summed E-state index contributed by atoms with van der Waals surface area (Å²) in [5.41, 5.74) is 7.71. The van der Waals surface area contributed by atoms with E-state index < -0.39 is 0 Å². The van der Waals surface area contributed by atoms with E-state index in [2.05, 4.69) is 68.7 Å². The lowest BCUT2D eigenvalue weighted by molar-refractivity contribution is 0.822. The van der Waals surface area contributed by atoms with Crippen molar-refractivity contribution < 1.29 is 0 Å². The van der Waals surface area contributed by atoms with Crippen LogP contribution >= 0.6 is 0 Å². The van der Waals surface area contributed by atoms with E-state index in [1.54, 1.807) is 36.7 Å². The highest BCUT2D eigenvalue weighted by atomic mass is 16.1. The molecule has 8 aromatic rings. The lowest BCUT2D eigenvalue weighted by Crippen LogP contribution is -2.14. The maximum atomic E-state index is 12.3. The number of hydrogen-bond donors (Lipinski definition) is 2. The number of rotatable bonds is 6. The molecular weight excluding hydrogens is 596 g/mol. The van der Waals surface area contributed by atoms with E-state index >= 15 is 0 Å². The van der Waals surface area contributed by atoms with Crippen LogP contribution in [0.1, 0.15) is 0 Å². The lowest BCUT2D eigenvalue weighted by atomic mass is 10.0. The molecule has 4 aromatic heterocycles. The third kappa shape index (κ3) is 6.59. The molecule has 0 spiro atoms. The van der Waals surface area contributed by atoms with E-state index in [-0.39, 0.29) is 11.1 Å². The monoisotopic (exact) mass is 626 g/mol. The second-order valence-electron chi connectivity index (χ2n) is 11.0. The van der Waals surface area contributed by atoms with E-state index in [0.717, 1.165) is 44.8 Å². The van der Waals surface area contributed by atoms with Crippen LogP contribution in [0, 0.1) is 0 Å². The number of hydrogen-bond acceptors (Lipinski definition) is 4. The summed E-state index contributed by atoms with van der Waals surface area (Å²) in [5.74, 6) is 1.15. The smallest absolute Gasteiger partial charge is 0.273 e. The first-order valence-corrected chi connectivity index (χ1v) is 15.4. The van der Waals surface area contributed by atoms with Gasteiger partial charge in [-0.15, -0.1) is 0 Å². The van der Waals surface area contributed by atoms with E-state index in [4.69, 9.17) is 0 Å². The van der Waals surface area contributed by atoms with E-state index in [1.165, 1.54) is 9.36 Å². The van der Waals surface area contributed by atoms with E-state index in [0.29, 0.717) is 11.6 Å². The summed E-state index contributed by atoms with van der Waals surface area (Å²) in [6.07, 6.45) is 3.33. The minimum absolute atomic E-state index is 0.131. The maximum Gasteiger partial charge on any atom is 0.273 e. The number of pyridine rings is 2. The van der Waals surface area contributed by atoms with E-state index in [1.807, 2.05) is 84.9 Å². The Morgan fingerprint density at radius 3 is 1.15 bits per heavy atom. The van der Waals surface area contributed by atoms with Crippen LogP contribution in [0.2, 0.25) is 0 Å². The molecule has 232 valence electrons. The second-order valence-corrected chi connectivity index (χ2v) is 11.0. The number of nitrogens with zero attached hydrogens (tertiary/aromatic N) is 4. The number of aromatic nitrogens is 6. The normalized spacial score (nSPS) is 10.7. The molecule has 0 atom stereocenters. The van der Waals surface area contributed by atoms with Crippen LogP contribution in [0.3, 0.4) is 0 Å². The molecule has 48 heavy (non-hydrogen) atoms. The molecule has 0 unspecified atom stereocenters. The molecule has 8 nitrogen and oxygen atoms in total. The Balaban J connectivity index is 0.000000152. The van der Waals surface area contributed by atoms with Gasteiger partial charge in [-0.25, -0.2) is 19.3 Å². The fraction of sp³-hybridized carbons (Fsp3) is 0. The van der Waals surface area contributed by atoms with Crippen LogP contribution in [0.25, 0.3) is 56.4 Å². The molecule has 0 fully saturated rings. The van der Waals surface area contributed by atoms with Gasteiger partial charge >= 0.3 is 0 Å². The van der Waals surface area contributed by atoms with Gasteiger partial charge in [0.05, 0.1) is 11.4 Å². The Hall–Kier alpha value is -6.80. The van der Waals surface area contributed by atoms with Crippen molar-refractivity contribution in [2.75, 3.05) is 0 Å². The SMILES string of the molecule is O=c1cc(-c2cccc(-c3ccccc3)c2)[nH]n1-c1ccccn1.O=c1cc(-c2cccc(-c3ccccc3)c2)[nH]n1-c1ccccn1. The van der Waals surface area contributed by atoms with Crippen molar-refractivity contribution in [3.63, 3.8) is 0 Å². The van der Waals surface area contributed by atoms with Crippen LogP contribution in [0.4, 0.5) is 0 Å². The standard InChI is InChI=1S/2C20H15N3O/c2*24-20-14-18(22-23(20)19-11-4-5-12-21-19)17-10-6-9-16(13-17)15-7-2-1-3-8-15/h2*1-14,22H. The zero-order valence-electron chi connectivity index (χ0n) is 25.8. The number of benzene rings is 4. The lowest BCUT2D eigenvalue weighted by Gasteiger charge is -2.05. The van der Waals surface area contributed by atoms with Crippen molar-refractivity contribution in [1.29, 1.82) is 0 Å². The van der Waals surface area contributed by atoms with E-state index in [9.17, 15) is 9.59 Å². The summed E-state index contributed by atoms with van der Waals surface area (Å²) in [6.45, 7) is 0. The van der Waals surface area contributed by atoms with Gasteiger partial charge in [0.25, 0.3) is 11.1 Å². The average molecular weight is 627 g/mol. The molecule has 4 aromatic carbocycles. The second kappa shape index (κ2) is 13.7. The van der Waals surface area contributed by atoms with Crippen molar-refractivity contribution in [2.45, 2.75) is 0 Å². The van der Waals surface area contributed by atoms with Crippen molar-refractivity contribution in [3.05, 3.63) is 191 Å². The Labute approximate surface area is 276 Å². The zero-order chi connectivity index (χ0) is 32.7. The average Bonchev–Trinajstić information content (AvgIpc) is 3.76. The molecule has 0 amide bonds. The van der Waals surface area contributed by atoms with Crippen molar-refractivity contribution in [1.82, 2.24) is 29.5 Å². The Kier molecular flexibility index (Phi) is 8.52. The quantitative estimate of drug-likeness (QED) is 0.197. The number of aromatic amines is 2. The summed E-state index contributed by atoms with van der Waals surface area (Å²) < 4.78 is 2.90.